The number of nitrogens with one attached hydrogen (secondary N) is 3. The molecule has 0 spiro atoms. The van der Waals surface area contributed by atoms with Crippen LogP contribution in [0, 0.1) is 0 Å². The van der Waals surface area contributed by atoms with Gasteiger partial charge in [-0.2, -0.15) is 0 Å². The quantitative estimate of drug-likeness (QED) is 0.154. The average molecular weight is 490 g/mol. The molecule has 6 nitrogen and oxygen atoms in total. The Morgan fingerprint density at radius 1 is 0.686 bits per heavy atom. The Morgan fingerprint density at radius 3 is 1.74 bits per heavy atom. The lowest BCUT2D eigenvalue weighted by molar-refractivity contribution is -0.119. The van der Waals surface area contributed by atoms with E-state index in [0.717, 1.165) is 25.1 Å². The molecular formula is C29H51N3O3. The molecule has 0 heterocycles. The zero-order valence-electron chi connectivity index (χ0n) is 22.5. The van der Waals surface area contributed by atoms with Crippen LogP contribution in [0.3, 0.4) is 0 Å². The van der Waals surface area contributed by atoms with Crippen LogP contribution in [-0.2, 0) is 9.53 Å². The third-order valence-corrected chi connectivity index (χ3v) is 6.26. The molecule has 0 atom stereocenters. The first-order chi connectivity index (χ1) is 17.2. The molecule has 0 aromatic heterocycles. The van der Waals surface area contributed by atoms with Crippen LogP contribution >= 0.6 is 0 Å². The molecule has 0 aliphatic rings. The summed E-state index contributed by atoms with van der Waals surface area (Å²) in [7, 11) is 1.65. The van der Waals surface area contributed by atoms with E-state index < -0.39 is 0 Å². The Labute approximate surface area is 214 Å². The average Bonchev–Trinajstić information content (AvgIpc) is 2.88. The standard InChI is InChI=1S/C29H51N3O3/c1-3-4-5-6-7-8-9-10-11-12-13-14-15-16-22-30-28(33)25-32-27-20-18-26(19-21-27)29(34)31-23-17-24-35-2/h18-21,32H,3-17,22-25H2,1-2H3,(H,30,33)(H,31,34). The van der Waals surface area contributed by atoms with Crippen LogP contribution in [0.15, 0.2) is 24.3 Å². The summed E-state index contributed by atoms with van der Waals surface area (Å²) in [4.78, 5) is 24.1. The van der Waals surface area contributed by atoms with Gasteiger partial charge in [-0.15, -0.1) is 0 Å². The second-order valence-corrected chi connectivity index (χ2v) is 9.48. The Kier molecular flexibility index (Phi) is 19.8. The number of carbonyl (C=O) groups is 2. The van der Waals surface area contributed by atoms with E-state index in [1.54, 1.807) is 19.2 Å². The van der Waals surface area contributed by atoms with Crippen molar-refractivity contribution in [2.45, 2.75) is 103 Å². The van der Waals surface area contributed by atoms with Gasteiger partial charge < -0.3 is 20.7 Å². The lowest BCUT2D eigenvalue weighted by Crippen LogP contribution is -2.30. The number of carbonyl (C=O) groups excluding carboxylic acids is 2. The summed E-state index contributed by atoms with van der Waals surface area (Å²) in [5, 5.41) is 8.96. The van der Waals surface area contributed by atoms with E-state index in [1.807, 2.05) is 12.1 Å². The van der Waals surface area contributed by atoms with Crippen LogP contribution in [0.1, 0.15) is 114 Å². The zero-order valence-corrected chi connectivity index (χ0v) is 22.5. The van der Waals surface area contributed by atoms with E-state index >= 15 is 0 Å². The molecule has 1 aromatic carbocycles. The second kappa shape index (κ2) is 22.4. The van der Waals surface area contributed by atoms with Gasteiger partial charge in [0.15, 0.2) is 0 Å². The number of amides is 2. The zero-order chi connectivity index (χ0) is 25.4. The minimum Gasteiger partial charge on any atom is -0.385 e. The van der Waals surface area contributed by atoms with E-state index in [9.17, 15) is 9.59 Å². The van der Waals surface area contributed by atoms with Gasteiger partial charge in [0.1, 0.15) is 0 Å². The number of anilines is 1. The van der Waals surface area contributed by atoms with E-state index in [1.165, 1.54) is 83.5 Å². The minimum absolute atomic E-state index is 0.000318. The summed E-state index contributed by atoms with van der Waals surface area (Å²) >= 11 is 0. The predicted molar refractivity (Wildman–Crippen MR) is 147 cm³/mol. The van der Waals surface area contributed by atoms with Crippen molar-refractivity contribution in [3.63, 3.8) is 0 Å². The molecule has 6 heteroatoms. The number of ether oxygens (including phenoxy) is 1. The largest absolute Gasteiger partial charge is 0.385 e. The molecule has 0 fully saturated rings. The first-order valence-corrected chi connectivity index (χ1v) is 14.0. The topological polar surface area (TPSA) is 79.5 Å². The number of rotatable bonds is 23. The molecule has 3 N–H and O–H groups in total. The van der Waals surface area contributed by atoms with Gasteiger partial charge in [0.2, 0.25) is 5.91 Å². The molecule has 2 amide bonds. The van der Waals surface area contributed by atoms with Gasteiger partial charge in [0.25, 0.3) is 5.91 Å². The van der Waals surface area contributed by atoms with Crippen LogP contribution < -0.4 is 16.0 Å². The van der Waals surface area contributed by atoms with Crippen LogP contribution in [0.4, 0.5) is 5.69 Å². The summed E-state index contributed by atoms with van der Waals surface area (Å²) in [6, 6.07) is 7.18. The molecule has 1 rings (SSSR count). The maximum absolute atomic E-state index is 12.1. The first kappa shape index (κ1) is 31.0. The summed E-state index contributed by atoms with van der Waals surface area (Å²) < 4.78 is 4.97. The van der Waals surface area contributed by atoms with Crippen molar-refractivity contribution in [1.82, 2.24) is 10.6 Å². The highest BCUT2D eigenvalue weighted by atomic mass is 16.5. The molecule has 0 radical (unpaired) electrons. The van der Waals surface area contributed by atoms with Crippen LogP contribution in [0.5, 0.6) is 0 Å². The van der Waals surface area contributed by atoms with E-state index in [4.69, 9.17) is 4.74 Å². The number of benzene rings is 1. The minimum atomic E-state index is -0.0986. The van der Waals surface area contributed by atoms with Crippen LogP contribution in [0.25, 0.3) is 0 Å². The Bertz CT molecular complexity index is 649. The lowest BCUT2D eigenvalue weighted by atomic mass is 10.0. The summed E-state index contributed by atoms with van der Waals surface area (Å²) in [5.74, 6) is -0.0989. The summed E-state index contributed by atoms with van der Waals surface area (Å²) in [6.07, 6.45) is 19.5. The summed E-state index contributed by atoms with van der Waals surface area (Å²) in [5.41, 5.74) is 1.43. The summed E-state index contributed by atoms with van der Waals surface area (Å²) in [6.45, 7) is 4.46. The Balaban J connectivity index is 1.95. The van der Waals surface area contributed by atoms with Crippen LogP contribution in [-0.4, -0.2) is 45.2 Å². The van der Waals surface area contributed by atoms with Gasteiger partial charge >= 0.3 is 0 Å². The number of hydrogen-bond donors (Lipinski definition) is 3. The van der Waals surface area contributed by atoms with Gasteiger partial charge in [0.05, 0.1) is 6.54 Å². The molecule has 0 aliphatic heterocycles. The molecule has 0 saturated carbocycles. The SMILES string of the molecule is CCCCCCCCCCCCCCCCNC(=O)CNc1ccc(C(=O)NCCCOC)cc1. The van der Waals surface area contributed by atoms with Crippen molar-refractivity contribution in [2.24, 2.45) is 0 Å². The fraction of sp³-hybridized carbons (Fsp3) is 0.724. The van der Waals surface area contributed by atoms with Gasteiger partial charge in [0, 0.05) is 38.1 Å². The number of hydrogen-bond acceptors (Lipinski definition) is 4. The third-order valence-electron chi connectivity index (χ3n) is 6.26. The first-order valence-electron chi connectivity index (χ1n) is 14.0. The highest BCUT2D eigenvalue weighted by Gasteiger charge is 2.05. The van der Waals surface area contributed by atoms with Crippen molar-refractivity contribution in [2.75, 3.05) is 38.7 Å². The maximum Gasteiger partial charge on any atom is 0.251 e. The fourth-order valence-electron chi connectivity index (χ4n) is 4.05. The highest BCUT2D eigenvalue weighted by molar-refractivity contribution is 5.94. The molecule has 0 saturated heterocycles. The van der Waals surface area contributed by atoms with E-state index in [0.29, 0.717) is 18.7 Å². The van der Waals surface area contributed by atoms with Gasteiger partial charge in [-0.25, -0.2) is 0 Å². The molecule has 0 aliphatic carbocycles. The van der Waals surface area contributed by atoms with Crippen molar-refractivity contribution in [3.05, 3.63) is 29.8 Å². The highest BCUT2D eigenvalue weighted by Crippen LogP contribution is 2.13. The molecule has 35 heavy (non-hydrogen) atoms. The van der Waals surface area contributed by atoms with Crippen molar-refractivity contribution < 1.29 is 14.3 Å². The second-order valence-electron chi connectivity index (χ2n) is 9.48. The van der Waals surface area contributed by atoms with Gasteiger partial charge in [-0.05, 0) is 37.1 Å². The number of unbranched alkanes of at least 4 members (excludes halogenated alkanes) is 13. The third kappa shape index (κ3) is 17.9. The van der Waals surface area contributed by atoms with Crippen LogP contribution in [0.2, 0.25) is 0 Å². The lowest BCUT2D eigenvalue weighted by Gasteiger charge is -2.09. The normalized spacial score (nSPS) is 10.8. The van der Waals surface area contributed by atoms with E-state index in [2.05, 4.69) is 22.9 Å². The van der Waals surface area contributed by atoms with Gasteiger partial charge in [-0.1, -0.05) is 90.4 Å². The van der Waals surface area contributed by atoms with Crippen molar-refractivity contribution >= 4 is 17.5 Å². The Morgan fingerprint density at radius 2 is 1.20 bits per heavy atom. The van der Waals surface area contributed by atoms with Crippen molar-refractivity contribution in [3.8, 4) is 0 Å². The van der Waals surface area contributed by atoms with E-state index in [-0.39, 0.29) is 18.4 Å². The molecule has 0 bridgehead atoms. The smallest absolute Gasteiger partial charge is 0.251 e. The van der Waals surface area contributed by atoms with Crippen molar-refractivity contribution in [1.29, 1.82) is 0 Å². The van der Waals surface area contributed by atoms with Gasteiger partial charge in [-0.3, -0.25) is 9.59 Å². The maximum atomic E-state index is 12.1. The number of methoxy groups -OCH3 is 1. The molecular weight excluding hydrogens is 438 g/mol. The molecule has 1 aromatic rings. The Hall–Kier alpha value is -2.08. The molecule has 200 valence electrons. The molecule has 0 unspecified atom stereocenters. The monoisotopic (exact) mass is 489 g/mol. The predicted octanol–water partition coefficient (Wildman–Crippen LogP) is 6.46. The fourth-order valence-corrected chi connectivity index (χ4v) is 4.05.